The Bertz CT molecular complexity index is 956. The number of nitrogens with zero attached hydrogens (tertiary/aromatic N) is 2. The molecule has 1 aromatic heterocycles. The summed E-state index contributed by atoms with van der Waals surface area (Å²) in [6.45, 7) is 1.00. The van der Waals surface area contributed by atoms with Crippen LogP contribution in [-0.2, 0) is 15.3 Å². The van der Waals surface area contributed by atoms with Crippen molar-refractivity contribution in [1.82, 2.24) is 15.3 Å². The van der Waals surface area contributed by atoms with Gasteiger partial charge in [0.05, 0.1) is 18.1 Å². The van der Waals surface area contributed by atoms with Crippen LogP contribution in [-0.4, -0.2) is 41.9 Å². The maximum Gasteiger partial charge on any atom is 0.230 e. The number of benzene rings is 2. The number of aromatic nitrogens is 2. The molecule has 0 aliphatic rings. The van der Waals surface area contributed by atoms with E-state index in [1.165, 1.54) is 17.3 Å². The minimum atomic E-state index is -0.0408. The van der Waals surface area contributed by atoms with Crippen LogP contribution in [0.1, 0.15) is 5.56 Å². The third kappa shape index (κ3) is 7.43. The summed E-state index contributed by atoms with van der Waals surface area (Å²) in [6, 6.07) is 20.2. The summed E-state index contributed by atoms with van der Waals surface area (Å²) in [6.07, 6.45) is 0. The molecule has 0 unspecified atom stereocenters. The first-order valence-corrected chi connectivity index (χ1v) is 12.1. The van der Waals surface area contributed by atoms with Gasteiger partial charge < -0.3 is 10.1 Å². The number of ether oxygens (including phenoxy) is 1. The average Bonchev–Trinajstić information content (AvgIpc) is 2.78. The van der Waals surface area contributed by atoms with E-state index in [-0.39, 0.29) is 5.91 Å². The first kappa shape index (κ1) is 22.8. The van der Waals surface area contributed by atoms with Crippen LogP contribution in [0.4, 0.5) is 0 Å². The van der Waals surface area contributed by atoms with Crippen LogP contribution in [0.15, 0.2) is 75.3 Å². The van der Waals surface area contributed by atoms with Gasteiger partial charge in [-0.1, -0.05) is 81.9 Å². The molecule has 0 spiro atoms. The number of thioether (sulfide) groups is 2. The fraction of sp³-hybridized carbons (Fsp3) is 0.227. The Morgan fingerprint density at radius 1 is 1.07 bits per heavy atom. The number of nitrogens with one attached hydrogen (secondary N) is 1. The van der Waals surface area contributed by atoms with Gasteiger partial charge in [-0.15, -0.1) is 0 Å². The molecule has 8 heteroatoms. The van der Waals surface area contributed by atoms with E-state index in [1.807, 2.05) is 48.5 Å². The highest BCUT2D eigenvalue weighted by molar-refractivity contribution is 9.10. The van der Waals surface area contributed by atoms with Crippen molar-refractivity contribution in [1.29, 1.82) is 0 Å². The van der Waals surface area contributed by atoms with Crippen LogP contribution in [0.25, 0.3) is 11.3 Å². The number of hydrogen-bond acceptors (Lipinski definition) is 6. The zero-order valence-corrected chi connectivity index (χ0v) is 19.7. The van der Waals surface area contributed by atoms with Crippen LogP contribution in [0.5, 0.6) is 0 Å². The Morgan fingerprint density at radius 3 is 2.57 bits per heavy atom. The van der Waals surface area contributed by atoms with Crippen molar-refractivity contribution in [3.63, 3.8) is 0 Å². The highest BCUT2D eigenvalue weighted by Crippen LogP contribution is 2.28. The lowest BCUT2D eigenvalue weighted by Crippen LogP contribution is -2.28. The maximum atomic E-state index is 12.0. The van der Waals surface area contributed by atoms with E-state index in [4.69, 9.17) is 9.72 Å². The molecule has 0 saturated carbocycles. The summed E-state index contributed by atoms with van der Waals surface area (Å²) in [4.78, 5) is 21.4. The molecule has 0 aliphatic heterocycles. The molecule has 0 atom stereocenters. The Morgan fingerprint density at radius 2 is 1.83 bits per heavy atom. The fourth-order valence-electron chi connectivity index (χ4n) is 2.51. The second kappa shape index (κ2) is 12.1. The fourth-order valence-corrected chi connectivity index (χ4v) is 4.37. The molecule has 2 aromatic carbocycles. The molecule has 3 rings (SSSR count). The van der Waals surface area contributed by atoms with E-state index in [2.05, 4.69) is 38.4 Å². The van der Waals surface area contributed by atoms with Gasteiger partial charge in [0, 0.05) is 29.4 Å². The monoisotopic (exact) mass is 503 g/mol. The standard InChI is InChI=1S/C22H22BrN3O2S2/c1-28-12-11-24-20(27)15-29-21-13-19(17-5-3-2-4-6-17)25-22(26-21)30-14-16-7-9-18(23)10-8-16/h2-10,13H,11-12,14-15H2,1H3,(H,24,27). The summed E-state index contributed by atoms with van der Waals surface area (Å²) >= 11 is 6.46. The maximum absolute atomic E-state index is 12.0. The van der Waals surface area contributed by atoms with E-state index >= 15 is 0 Å². The molecule has 0 saturated heterocycles. The van der Waals surface area contributed by atoms with Gasteiger partial charge in [-0.3, -0.25) is 4.79 Å². The third-order valence-corrected chi connectivity index (χ3v) is 6.37. The predicted molar refractivity (Wildman–Crippen MR) is 127 cm³/mol. The SMILES string of the molecule is COCCNC(=O)CSc1cc(-c2ccccc2)nc(SCc2ccc(Br)cc2)n1. The number of methoxy groups -OCH3 is 1. The summed E-state index contributed by atoms with van der Waals surface area (Å²) in [5, 5.41) is 4.31. The molecule has 5 nitrogen and oxygen atoms in total. The number of amides is 1. The second-order valence-electron chi connectivity index (χ2n) is 6.29. The van der Waals surface area contributed by atoms with E-state index in [0.717, 1.165) is 26.5 Å². The summed E-state index contributed by atoms with van der Waals surface area (Å²) in [5.41, 5.74) is 3.08. The normalized spacial score (nSPS) is 10.7. The quantitative estimate of drug-likeness (QED) is 0.180. The molecule has 0 aliphatic carbocycles. The first-order chi connectivity index (χ1) is 14.6. The number of rotatable bonds is 10. The first-order valence-electron chi connectivity index (χ1n) is 9.34. The van der Waals surface area contributed by atoms with Crippen molar-refractivity contribution in [2.75, 3.05) is 26.0 Å². The van der Waals surface area contributed by atoms with Crippen LogP contribution >= 0.6 is 39.5 Å². The van der Waals surface area contributed by atoms with Gasteiger partial charge in [-0.25, -0.2) is 9.97 Å². The van der Waals surface area contributed by atoms with Crippen molar-refractivity contribution in [2.45, 2.75) is 15.9 Å². The lowest BCUT2D eigenvalue weighted by atomic mass is 10.1. The molecular weight excluding hydrogens is 482 g/mol. The highest BCUT2D eigenvalue weighted by atomic mass is 79.9. The number of halogens is 1. The van der Waals surface area contributed by atoms with E-state index in [1.54, 1.807) is 18.9 Å². The minimum absolute atomic E-state index is 0.0408. The number of carbonyl (C=O) groups is 1. The largest absolute Gasteiger partial charge is 0.383 e. The van der Waals surface area contributed by atoms with E-state index < -0.39 is 0 Å². The van der Waals surface area contributed by atoms with E-state index in [9.17, 15) is 4.79 Å². The van der Waals surface area contributed by atoms with E-state index in [0.29, 0.717) is 24.1 Å². The Balaban J connectivity index is 1.73. The topological polar surface area (TPSA) is 64.1 Å². The molecule has 0 fully saturated rings. The second-order valence-corrected chi connectivity index (χ2v) is 9.14. The van der Waals surface area contributed by atoms with Crippen LogP contribution in [0, 0.1) is 0 Å². The van der Waals surface area contributed by atoms with Crippen molar-refractivity contribution < 1.29 is 9.53 Å². The Kier molecular flexibility index (Phi) is 9.20. The van der Waals surface area contributed by atoms with Gasteiger partial charge in [0.25, 0.3) is 0 Å². The van der Waals surface area contributed by atoms with Crippen molar-refractivity contribution in [2.24, 2.45) is 0 Å². The van der Waals surface area contributed by atoms with Gasteiger partial charge in [-0.2, -0.15) is 0 Å². The molecule has 0 bridgehead atoms. The molecule has 156 valence electrons. The zero-order valence-electron chi connectivity index (χ0n) is 16.5. The molecule has 3 aromatic rings. The third-order valence-electron chi connectivity index (χ3n) is 4.01. The van der Waals surface area contributed by atoms with Crippen molar-refractivity contribution >= 4 is 45.4 Å². The summed E-state index contributed by atoms with van der Waals surface area (Å²) in [7, 11) is 1.61. The molecule has 30 heavy (non-hydrogen) atoms. The van der Waals surface area contributed by atoms with Crippen molar-refractivity contribution in [3.05, 3.63) is 70.7 Å². The lowest BCUT2D eigenvalue weighted by molar-refractivity contribution is -0.118. The number of hydrogen-bond donors (Lipinski definition) is 1. The van der Waals surface area contributed by atoms with Gasteiger partial charge in [0.2, 0.25) is 5.91 Å². The lowest BCUT2D eigenvalue weighted by Gasteiger charge is -2.09. The molecule has 0 radical (unpaired) electrons. The van der Waals surface area contributed by atoms with Crippen LogP contribution in [0.3, 0.4) is 0 Å². The van der Waals surface area contributed by atoms with Gasteiger partial charge >= 0.3 is 0 Å². The average molecular weight is 504 g/mol. The molecule has 1 N–H and O–H groups in total. The van der Waals surface area contributed by atoms with Gasteiger partial charge in [-0.05, 0) is 23.8 Å². The zero-order chi connectivity index (χ0) is 21.2. The van der Waals surface area contributed by atoms with Crippen molar-refractivity contribution in [3.8, 4) is 11.3 Å². The molecule has 1 amide bonds. The van der Waals surface area contributed by atoms with Crippen LogP contribution in [0.2, 0.25) is 0 Å². The Hall–Kier alpha value is -1.87. The summed E-state index contributed by atoms with van der Waals surface area (Å²) in [5.74, 6) is 1.03. The minimum Gasteiger partial charge on any atom is -0.383 e. The Labute approximate surface area is 193 Å². The van der Waals surface area contributed by atoms with Gasteiger partial charge in [0.1, 0.15) is 5.03 Å². The van der Waals surface area contributed by atoms with Crippen LogP contribution < -0.4 is 5.32 Å². The molecule has 1 heterocycles. The predicted octanol–water partition coefficient (Wildman–Crippen LogP) is 5.05. The number of carbonyl (C=O) groups excluding carboxylic acids is 1. The summed E-state index contributed by atoms with van der Waals surface area (Å²) < 4.78 is 6.01. The highest BCUT2D eigenvalue weighted by Gasteiger charge is 2.10. The smallest absolute Gasteiger partial charge is 0.230 e. The molecular formula is C22H22BrN3O2S2. The van der Waals surface area contributed by atoms with Gasteiger partial charge in [0.15, 0.2) is 5.16 Å².